The van der Waals surface area contributed by atoms with E-state index in [0.29, 0.717) is 65.6 Å². The molecule has 8 nitrogen and oxygen atoms in total. The first-order chi connectivity index (χ1) is 15.1. The molecule has 1 fully saturated rings. The Labute approximate surface area is 190 Å². The summed E-state index contributed by atoms with van der Waals surface area (Å²) < 4.78 is 12.4. The number of rotatable bonds is 11. The maximum Gasteiger partial charge on any atom is 0.267 e. The standard InChI is InChI=1S/C21H26N4O4S2/c1-3-29-13-6-9-22-18-15(19(26)24-10-5-4-8-17(24)23-18)14-16-20(27)25(21(30)31-16)11-7-12-28-2/h4-5,8,10,14,22H,3,6-7,9,11-13H2,1-2H3/b16-14-. The van der Waals surface area contributed by atoms with Gasteiger partial charge in [-0.25, -0.2) is 4.98 Å². The molecule has 0 spiro atoms. The van der Waals surface area contributed by atoms with Crippen molar-refractivity contribution in [3.8, 4) is 0 Å². The van der Waals surface area contributed by atoms with Crippen molar-refractivity contribution in [2.45, 2.75) is 19.8 Å². The van der Waals surface area contributed by atoms with Crippen LogP contribution in [-0.2, 0) is 14.3 Å². The van der Waals surface area contributed by atoms with Crippen LogP contribution in [0.4, 0.5) is 5.82 Å². The number of thiocarbonyl (C=S) groups is 1. The van der Waals surface area contributed by atoms with Crippen LogP contribution in [-0.4, -0.2) is 64.5 Å². The lowest BCUT2D eigenvalue weighted by Crippen LogP contribution is -2.29. The van der Waals surface area contributed by atoms with Gasteiger partial charge >= 0.3 is 0 Å². The third kappa shape index (κ3) is 5.70. The molecule has 0 saturated carbocycles. The minimum absolute atomic E-state index is 0.203. The van der Waals surface area contributed by atoms with E-state index in [1.807, 2.05) is 13.0 Å². The molecule has 1 N–H and O–H groups in total. The molecular formula is C21H26N4O4S2. The number of fused-ring (bicyclic) bond motifs is 1. The summed E-state index contributed by atoms with van der Waals surface area (Å²) >= 11 is 6.57. The molecule has 2 aromatic rings. The molecule has 0 aromatic carbocycles. The first-order valence-electron chi connectivity index (χ1n) is 10.1. The van der Waals surface area contributed by atoms with Gasteiger partial charge < -0.3 is 14.8 Å². The third-order valence-electron chi connectivity index (χ3n) is 4.61. The molecule has 0 atom stereocenters. The number of carbonyl (C=O) groups excluding carboxylic acids is 1. The minimum atomic E-state index is -0.248. The Balaban J connectivity index is 1.91. The van der Waals surface area contributed by atoms with Gasteiger partial charge in [0.1, 0.15) is 15.8 Å². The maximum absolute atomic E-state index is 13.2. The Kier molecular flexibility index (Phi) is 8.59. The monoisotopic (exact) mass is 462 g/mol. The molecule has 1 aliphatic heterocycles. The molecule has 0 radical (unpaired) electrons. The van der Waals surface area contributed by atoms with Gasteiger partial charge in [0.2, 0.25) is 0 Å². The number of carbonyl (C=O) groups is 1. The number of nitrogens with zero attached hydrogens (tertiary/aromatic N) is 3. The minimum Gasteiger partial charge on any atom is -0.385 e. The molecule has 1 saturated heterocycles. The van der Waals surface area contributed by atoms with E-state index in [9.17, 15) is 9.59 Å². The van der Waals surface area contributed by atoms with Crippen LogP contribution < -0.4 is 10.9 Å². The highest BCUT2D eigenvalue weighted by molar-refractivity contribution is 8.26. The van der Waals surface area contributed by atoms with E-state index in [0.717, 1.165) is 6.42 Å². The lowest BCUT2D eigenvalue weighted by atomic mass is 10.2. The summed E-state index contributed by atoms with van der Waals surface area (Å²) in [6.07, 6.45) is 4.71. The van der Waals surface area contributed by atoms with Gasteiger partial charge in [0, 0.05) is 46.2 Å². The van der Waals surface area contributed by atoms with E-state index < -0.39 is 0 Å². The van der Waals surface area contributed by atoms with Crippen molar-refractivity contribution in [2.24, 2.45) is 0 Å². The molecule has 0 bridgehead atoms. The van der Waals surface area contributed by atoms with Crippen molar-refractivity contribution < 1.29 is 14.3 Å². The van der Waals surface area contributed by atoms with Gasteiger partial charge in [0.05, 0.1) is 10.5 Å². The van der Waals surface area contributed by atoms with Crippen LogP contribution in [0.5, 0.6) is 0 Å². The smallest absolute Gasteiger partial charge is 0.267 e. The second-order valence-electron chi connectivity index (χ2n) is 6.77. The van der Waals surface area contributed by atoms with E-state index in [1.165, 1.54) is 16.2 Å². The fourth-order valence-electron chi connectivity index (χ4n) is 3.08. The lowest BCUT2D eigenvalue weighted by molar-refractivity contribution is -0.122. The van der Waals surface area contributed by atoms with Gasteiger partial charge in [0.25, 0.3) is 11.5 Å². The quantitative estimate of drug-likeness (QED) is 0.310. The number of amides is 1. The lowest BCUT2D eigenvalue weighted by Gasteiger charge is -2.13. The Morgan fingerprint density at radius 2 is 2.10 bits per heavy atom. The molecule has 1 aliphatic rings. The predicted octanol–water partition coefficient (Wildman–Crippen LogP) is 2.77. The van der Waals surface area contributed by atoms with Crippen LogP contribution in [0.2, 0.25) is 0 Å². The first-order valence-corrected chi connectivity index (χ1v) is 11.4. The van der Waals surface area contributed by atoms with Crippen molar-refractivity contribution in [3.63, 3.8) is 0 Å². The largest absolute Gasteiger partial charge is 0.385 e. The number of hydrogen-bond acceptors (Lipinski definition) is 8. The number of ether oxygens (including phenoxy) is 2. The molecule has 166 valence electrons. The van der Waals surface area contributed by atoms with Gasteiger partial charge in [-0.2, -0.15) is 0 Å². The summed E-state index contributed by atoms with van der Waals surface area (Å²) in [6, 6.07) is 5.36. The van der Waals surface area contributed by atoms with Crippen molar-refractivity contribution in [2.75, 3.05) is 45.3 Å². The van der Waals surface area contributed by atoms with Crippen molar-refractivity contribution in [3.05, 3.63) is 45.2 Å². The number of pyridine rings is 1. The number of methoxy groups -OCH3 is 1. The van der Waals surface area contributed by atoms with Crippen LogP contribution in [0.3, 0.4) is 0 Å². The van der Waals surface area contributed by atoms with Crippen LogP contribution >= 0.6 is 24.0 Å². The zero-order chi connectivity index (χ0) is 22.2. The summed E-state index contributed by atoms with van der Waals surface area (Å²) in [5, 5.41) is 3.23. The van der Waals surface area contributed by atoms with E-state index >= 15 is 0 Å². The zero-order valence-electron chi connectivity index (χ0n) is 17.6. The van der Waals surface area contributed by atoms with Gasteiger partial charge in [-0.05, 0) is 38.0 Å². The van der Waals surface area contributed by atoms with Gasteiger partial charge in [-0.3, -0.25) is 18.9 Å². The van der Waals surface area contributed by atoms with Crippen LogP contribution in [0.25, 0.3) is 11.7 Å². The average molecular weight is 463 g/mol. The fourth-order valence-corrected chi connectivity index (χ4v) is 4.37. The molecular weight excluding hydrogens is 436 g/mol. The number of anilines is 1. The van der Waals surface area contributed by atoms with E-state index in [2.05, 4.69) is 10.3 Å². The Morgan fingerprint density at radius 3 is 2.87 bits per heavy atom. The van der Waals surface area contributed by atoms with E-state index in [4.69, 9.17) is 21.7 Å². The highest BCUT2D eigenvalue weighted by Gasteiger charge is 2.32. The summed E-state index contributed by atoms with van der Waals surface area (Å²) in [4.78, 5) is 32.6. The Morgan fingerprint density at radius 1 is 1.26 bits per heavy atom. The topological polar surface area (TPSA) is 85.2 Å². The predicted molar refractivity (Wildman–Crippen MR) is 127 cm³/mol. The molecule has 3 rings (SSSR count). The maximum atomic E-state index is 13.2. The highest BCUT2D eigenvalue weighted by atomic mass is 32.2. The molecule has 3 heterocycles. The average Bonchev–Trinajstić information content (AvgIpc) is 3.03. The molecule has 0 unspecified atom stereocenters. The number of nitrogens with one attached hydrogen (secondary N) is 1. The van der Waals surface area contributed by atoms with Gasteiger partial charge in [0.15, 0.2) is 0 Å². The van der Waals surface area contributed by atoms with Crippen LogP contribution in [0, 0.1) is 0 Å². The molecule has 31 heavy (non-hydrogen) atoms. The van der Waals surface area contributed by atoms with Crippen molar-refractivity contribution in [1.82, 2.24) is 14.3 Å². The second kappa shape index (κ2) is 11.4. The number of hydrogen-bond donors (Lipinski definition) is 1. The highest BCUT2D eigenvalue weighted by Crippen LogP contribution is 2.33. The fraction of sp³-hybridized carbons (Fsp3) is 0.429. The summed E-state index contributed by atoms with van der Waals surface area (Å²) in [7, 11) is 1.62. The molecule has 1 amide bonds. The van der Waals surface area contributed by atoms with E-state index in [1.54, 1.807) is 36.4 Å². The van der Waals surface area contributed by atoms with Crippen molar-refractivity contribution in [1.29, 1.82) is 0 Å². The van der Waals surface area contributed by atoms with Gasteiger partial charge in [-0.15, -0.1) is 0 Å². The van der Waals surface area contributed by atoms with Crippen LogP contribution in [0.1, 0.15) is 25.3 Å². The van der Waals surface area contributed by atoms with Crippen LogP contribution in [0.15, 0.2) is 34.1 Å². The first kappa shape index (κ1) is 23.4. The Hall–Kier alpha value is -2.27. The third-order valence-corrected chi connectivity index (χ3v) is 5.99. The molecule has 0 aliphatic carbocycles. The molecule has 10 heteroatoms. The Bertz CT molecular complexity index is 1040. The zero-order valence-corrected chi connectivity index (χ0v) is 19.3. The normalized spacial score (nSPS) is 15.4. The SMILES string of the molecule is CCOCCCNc1nc2ccccn2c(=O)c1/C=C1\SC(=S)N(CCCOC)C1=O. The van der Waals surface area contributed by atoms with E-state index in [-0.39, 0.29) is 11.5 Å². The van der Waals surface area contributed by atoms with Crippen molar-refractivity contribution >= 4 is 51.7 Å². The molecule has 2 aromatic heterocycles. The number of thioether (sulfide) groups is 1. The summed E-state index contributed by atoms with van der Waals surface area (Å²) in [6.45, 7) is 4.84. The van der Waals surface area contributed by atoms with Gasteiger partial charge in [-0.1, -0.05) is 30.0 Å². The number of aromatic nitrogens is 2. The summed E-state index contributed by atoms with van der Waals surface area (Å²) in [5.74, 6) is 0.239. The second-order valence-corrected chi connectivity index (χ2v) is 8.44. The summed E-state index contributed by atoms with van der Waals surface area (Å²) in [5.41, 5.74) is 0.615.